The molecule has 0 radical (unpaired) electrons. The lowest BCUT2D eigenvalue weighted by Gasteiger charge is -2.22. The van der Waals surface area contributed by atoms with Crippen LogP contribution in [0.3, 0.4) is 0 Å². The van der Waals surface area contributed by atoms with Crippen molar-refractivity contribution in [1.29, 1.82) is 0 Å². The van der Waals surface area contributed by atoms with Crippen LogP contribution in [0.1, 0.15) is 22.3 Å². The van der Waals surface area contributed by atoms with Crippen molar-refractivity contribution in [3.63, 3.8) is 0 Å². The van der Waals surface area contributed by atoms with Crippen LogP contribution in [-0.4, -0.2) is 66.4 Å². The predicted molar refractivity (Wildman–Crippen MR) is 116 cm³/mol. The Morgan fingerprint density at radius 2 is 1.94 bits per heavy atom. The maximum absolute atomic E-state index is 12.8. The molecule has 0 atom stereocenters. The van der Waals surface area contributed by atoms with Gasteiger partial charge in [0.15, 0.2) is 0 Å². The van der Waals surface area contributed by atoms with Gasteiger partial charge in [-0.1, -0.05) is 17.7 Å². The lowest BCUT2D eigenvalue weighted by atomic mass is 10.1. The molecule has 0 aliphatic carbocycles. The van der Waals surface area contributed by atoms with Crippen molar-refractivity contribution in [1.82, 2.24) is 9.80 Å². The number of non-ortho nitro benzene ring substituents is 1. The predicted octanol–water partition coefficient (Wildman–Crippen LogP) is 2.70. The van der Waals surface area contributed by atoms with E-state index in [1.165, 1.54) is 25.3 Å². The third kappa shape index (κ3) is 5.79. The van der Waals surface area contributed by atoms with Gasteiger partial charge in [-0.05, 0) is 31.5 Å². The number of anilines is 1. The second-order valence-electron chi connectivity index (χ2n) is 7.48. The summed E-state index contributed by atoms with van der Waals surface area (Å²) in [5.74, 6) is -0.00965. The van der Waals surface area contributed by atoms with Crippen molar-refractivity contribution in [2.24, 2.45) is 0 Å². The summed E-state index contributed by atoms with van der Waals surface area (Å²) >= 11 is 0. The summed E-state index contributed by atoms with van der Waals surface area (Å²) in [5.41, 5.74) is 1.99. The van der Waals surface area contributed by atoms with Crippen molar-refractivity contribution < 1.29 is 19.2 Å². The molecule has 0 bridgehead atoms. The Morgan fingerprint density at radius 1 is 1.13 bits per heavy atom. The average molecular weight is 426 g/mol. The summed E-state index contributed by atoms with van der Waals surface area (Å²) in [7, 11) is 1.39. The second kappa shape index (κ2) is 10.0. The highest BCUT2D eigenvalue weighted by Gasteiger charge is 2.22. The minimum Gasteiger partial charge on any atom is -0.494 e. The highest BCUT2D eigenvalue weighted by atomic mass is 16.6. The Bertz CT molecular complexity index is 978. The highest BCUT2D eigenvalue weighted by molar-refractivity contribution is 5.95. The van der Waals surface area contributed by atoms with Gasteiger partial charge in [-0.3, -0.25) is 24.6 Å². The van der Waals surface area contributed by atoms with Crippen LogP contribution in [0.4, 0.5) is 11.4 Å². The monoisotopic (exact) mass is 426 g/mol. The van der Waals surface area contributed by atoms with E-state index >= 15 is 0 Å². The van der Waals surface area contributed by atoms with Gasteiger partial charge < -0.3 is 15.0 Å². The van der Waals surface area contributed by atoms with Gasteiger partial charge in [0, 0.05) is 37.8 Å². The topological polar surface area (TPSA) is 105 Å². The van der Waals surface area contributed by atoms with Crippen molar-refractivity contribution in [2.75, 3.05) is 45.2 Å². The molecule has 0 aromatic heterocycles. The summed E-state index contributed by atoms with van der Waals surface area (Å²) in [4.78, 5) is 39.5. The number of ether oxygens (including phenoxy) is 1. The average Bonchev–Trinajstić information content (AvgIpc) is 2.98. The molecule has 1 saturated heterocycles. The molecule has 0 spiro atoms. The van der Waals surface area contributed by atoms with Gasteiger partial charge in [-0.2, -0.15) is 0 Å². The fraction of sp³-hybridized carbons (Fsp3) is 0.364. The van der Waals surface area contributed by atoms with Gasteiger partial charge in [-0.15, -0.1) is 0 Å². The standard InChI is InChI=1S/C22H26N4O5/c1-16-5-3-6-17(13-16)22(28)25-10-4-9-24(11-12-25)15-21(27)23-19-8-7-18(26(29)30)14-20(19)31-2/h3,5-8,13-14H,4,9-12,15H2,1-2H3,(H,23,27). The Labute approximate surface area is 180 Å². The molecule has 9 heteroatoms. The van der Waals surface area contributed by atoms with E-state index in [1.807, 2.05) is 41.0 Å². The molecule has 2 aromatic carbocycles. The largest absolute Gasteiger partial charge is 0.494 e. The SMILES string of the molecule is COc1cc([N+](=O)[O-])ccc1NC(=O)CN1CCCN(C(=O)c2cccc(C)c2)CC1. The van der Waals surface area contributed by atoms with Gasteiger partial charge in [0.1, 0.15) is 5.75 Å². The van der Waals surface area contributed by atoms with E-state index in [9.17, 15) is 19.7 Å². The fourth-order valence-electron chi connectivity index (χ4n) is 3.58. The van der Waals surface area contributed by atoms with Gasteiger partial charge in [0.2, 0.25) is 5.91 Å². The van der Waals surface area contributed by atoms with Gasteiger partial charge in [0.05, 0.1) is 30.3 Å². The van der Waals surface area contributed by atoms with E-state index in [-0.39, 0.29) is 29.8 Å². The third-order valence-corrected chi connectivity index (χ3v) is 5.18. The zero-order chi connectivity index (χ0) is 22.4. The van der Waals surface area contributed by atoms with Gasteiger partial charge >= 0.3 is 0 Å². The highest BCUT2D eigenvalue weighted by Crippen LogP contribution is 2.29. The van der Waals surface area contributed by atoms with Crippen LogP contribution >= 0.6 is 0 Å². The summed E-state index contributed by atoms with van der Waals surface area (Å²) in [6, 6.07) is 11.6. The molecule has 31 heavy (non-hydrogen) atoms. The van der Waals surface area contributed by atoms with Crippen LogP contribution in [-0.2, 0) is 4.79 Å². The number of carbonyl (C=O) groups excluding carboxylic acids is 2. The Kier molecular flexibility index (Phi) is 7.19. The van der Waals surface area contributed by atoms with E-state index in [0.29, 0.717) is 37.4 Å². The number of nitro benzene ring substituents is 1. The smallest absolute Gasteiger partial charge is 0.273 e. The number of methoxy groups -OCH3 is 1. The van der Waals surface area contributed by atoms with Crippen LogP contribution in [0.15, 0.2) is 42.5 Å². The fourth-order valence-corrected chi connectivity index (χ4v) is 3.58. The first-order chi connectivity index (χ1) is 14.9. The molecular formula is C22H26N4O5. The first-order valence-corrected chi connectivity index (χ1v) is 10.1. The number of nitrogens with zero attached hydrogens (tertiary/aromatic N) is 3. The van der Waals surface area contributed by atoms with Crippen LogP contribution in [0.25, 0.3) is 0 Å². The molecule has 9 nitrogen and oxygen atoms in total. The number of nitrogens with one attached hydrogen (secondary N) is 1. The van der Waals surface area contributed by atoms with Crippen molar-refractivity contribution in [3.8, 4) is 5.75 Å². The summed E-state index contributed by atoms with van der Waals surface area (Å²) in [6.07, 6.45) is 0.770. The Hall–Kier alpha value is -3.46. The van der Waals surface area contributed by atoms with E-state index in [1.54, 1.807) is 0 Å². The minimum absolute atomic E-state index is 0.00520. The normalized spacial score (nSPS) is 14.6. The third-order valence-electron chi connectivity index (χ3n) is 5.18. The molecule has 1 fully saturated rings. The number of carbonyl (C=O) groups is 2. The summed E-state index contributed by atoms with van der Waals surface area (Å²) in [5, 5.41) is 13.7. The van der Waals surface area contributed by atoms with E-state index < -0.39 is 4.92 Å². The van der Waals surface area contributed by atoms with Gasteiger partial charge in [-0.25, -0.2) is 0 Å². The molecule has 164 valence electrons. The Balaban J connectivity index is 1.57. The second-order valence-corrected chi connectivity index (χ2v) is 7.48. The summed E-state index contributed by atoms with van der Waals surface area (Å²) in [6.45, 7) is 4.58. The zero-order valence-corrected chi connectivity index (χ0v) is 17.7. The molecule has 3 rings (SSSR count). The maximum Gasteiger partial charge on any atom is 0.273 e. The minimum atomic E-state index is -0.519. The Morgan fingerprint density at radius 3 is 2.65 bits per heavy atom. The number of benzene rings is 2. The lowest BCUT2D eigenvalue weighted by molar-refractivity contribution is -0.384. The number of hydrogen-bond acceptors (Lipinski definition) is 6. The first kappa shape index (κ1) is 22.2. The zero-order valence-electron chi connectivity index (χ0n) is 17.7. The number of hydrogen-bond donors (Lipinski definition) is 1. The van der Waals surface area contributed by atoms with Crippen LogP contribution in [0.2, 0.25) is 0 Å². The molecule has 2 aromatic rings. The van der Waals surface area contributed by atoms with E-state index in [0.717, 1.165) is 12.0 Å². The number of amides is 2. The molecule has 1 aliphatic heterocycles. The molecule has 2 amide bonds. The molecule has 0 unspecified atom stereocenters. The first-order valence-electron chi connectivity index (χ1n) is 10.1. The lowest BCUT2D eigenvalue weighted by Crippen LogP contribution is -2.38. The number of rotatable bonds is 6. The van der Waals surface area contributed by atoms with E-state index in [4.69, 9.17) is 4.74 Å². The maximum atomic E-state index is 12.8. The molecule has 1 heterocycles. The van der Waals surface area contributed by atoms with Gasteiger partial charge in [0.25, 0.3) is 11.6 Å². The molecule has 1 aliphatic rings. The van der Waals surface area contributed by atoms with Crippen LogP contribution in [0.5, 0.6) is 5.75 Å². The van der Waals surface area contributed by atoms with Crippen LogP contribution < -0.4 is 10.1 Å². The van der Waals surface area contributed by atoms with Crippen LogP contribution in [0, 0.1) is 17.0 Å². The number of nitro groups is 1. The quantitative estimate of drug-likeness (QED) is 0.562. The molecule has 1 N–H and O–H groups in total. The number of aryl methyl sites for hydroxylation is 1. The summed E-state index contributed by atoms with van der Waals surface area (Å²) < 4.78 is 5.16. The van der Waals surface area contributed by atoms with Crippen molar-refractivity contribution >= 4 is 23.2 Å². The molecule has 0 saturated carbocycles. The van der Waals surface area contributed by atoms with E-state index in [2.05, 4.69) is 5.32 Å². The van der Waals surface area contributed by atoms with Crippen molar-refractivity contribution in [3.05, 3.63) is 63.7 Å². The molecular weight excluding hydrogens is 400 g/mol. The van der Waals surface area contributed by atoms with Crippen molar-refractivity contribution in [2.45, 2.75) is 13.3 Å².